The Balaban J connectivity index is 1.56. The van der Waals surface area contributed by atoms with Crippen molar-refractivity contribution in [3.8, 4) is 0 Å². The first-order valence-corrected chi connectivity index (χ1v) is 9.75. The molecule has 1 aliphatic heterocycles. The zero-order valence-corrected chi connectivity index (χ0v) is 16.1. The highest BCUT2D eigenvalue weighted by Crippen LogP contribution is 2.30. The van der Waals surface area contributed by atoms with Gasteiger partial charge in [-0.3, -0.25) is 14.5 Å². The summed E-state index contributed by atoms with van der Waals surface area (Å²) in [4.78, 5) is 26.6. The number of anilines is 1. The molecule has 6 heteroatoms. The summed E-state index contributed by atoms with van der Waals surface area (Å²) in [5.41, 5.74) is 2.93. The number of rotatable bonds is 6. The van der Waals surface area contributed by atoms with Gasteiger partial charge < -0.3 is 5.32 Å². The van der Waals surface area contributed by atoms with Gasteiger partial charge in [-0.25, -0.2) is 0 Å². The van der Waals surface area contributed by atoms with Gasteiger partial charge in [-0.1, -0.05) is 72.5 Å². The van der Waals surface area contributed by atoms with Crippen molar-refractivity contribution >= 4 is 45.8 Å². The molecule has 4 nitrogen and oxygen atoms in total. The molecule has 1 fully saturated rings. The highest BCUT2D eigenvalue weighted by molar-refractivity contribution is 8.24. The minimum Gasteiger partial charge on any atom is -0.326 e. The molecule has 0 spiro atoms. The van der Waals surface area contributed by atoms with E-state index >= 15 is 0 Å². The minimum atomic E-state index is -0.442. The number of amides is 2. The lowest BCUT2D eigenvalue weighted by molar-refractivity contribution is -0.128. The van der Waals surface area contributed by atoms with Gasteiger partial charge in [-0.15, -0.1) is 0 Å². The van der Waals surface area contributed by atoms with E-state index in [2.05, 4.69) is 5.32 Å². The Morgan fingerprint density at radius 1 is 1.15 bits per heavy atom. The van der Waals surface area contributed by atoms with Gasteiger partial charge in [0.2, 0.25) is 11.8 Å². The van der Waals surface area contributed by atoms with Crippen LogP contribution in [0.15, 0.2) is 54.6 Å². The number of nitrogens with zero attached hydrogens (tertiary/aromatic N) is 1. The molecule has 1 aliphatic rings. The van der Waals surface area contributed by atoms with Crippen LogP contribution in [-0.4, -0.2) is 32.8 Å². The van der Waals surface area contributed by atoms with E-state index in [9.17, 15) is 9.59 Å². The minimum absolute atomic E-state index is 0.0733. The van der Waals surface area contributed by atoms with Crippen molar-refractivity contribution in [2.24, 2.45) is 0 Å². The van der Waals surface area contributed by atoms with Crippen LogP contribution in [0.4, 0.5) is 5.69 Å². The third-order valence-corrected chi connectivity index (χ3v) is 5.85. The molecule has 26 heavy (non-hydrogen) atoms. The molecular weight excluding hydrogens is 364 g/mol. The highest BCUT2D eigenvalue weighted by Gasteiger charge is 2.37. The second kappa shape index (κ2) is 8.47. The SMILES string of the molecule is Cc1ccccc1NC(=O)CC1SC(=S)N(CCc2ccccc2)C1=O. The number of nitrogens with one attached hydrogen (secondary N) is 1. The van der Waals surface area contributed by atoms with E-state index in [0.29, 0.717) is 10.9 Å². The third-order valence-electron chi connectivity index (χ3n) is 4.26. The molecule has 2 amide bonds. The summed E-state index contributed by atoms with van der Waals surface area (Å²) in [7, 11) is 0. The van der Waals surface area contributed by atoms with Gasteiger partial charge in [-0.2, -0.15) is 0 Å². The molecule has 2 aromatic carbocycles. The van der Waals surface area contributed by atoms with E-state index in [1.54, 1.807) is 4.90 Å². The van der Waals surface area contributed by atoms with Gasteiger partial charge in [0.05, 0.1) is 5.25 Å². The van der Waals surface area contributed by atoms with Gasteiger partial charge in [0.25, 0.3) is 0 Å². The Morgan fingerprint density at radius 2 is 1.85 bits per heavy atom. The molecule has 134 valence electrons. The van der Waals surface area contributed by atoms with Crippen LogP contribution >= 0.6 is 24.0 Å². The van der Waals surface area contributed by atoms with Gasteiger partial charge in [0, 0.05) is 18.7 Å². The van der Waals surface area contributed by atoms with Gasteiger partial charge in [0.1, 0.15) is 4.32 Å². The molecule has 1 N–H and O–H groups in total. The Kier molecular flexibility index (Phi) is 6.06. The zero-order valence-electron chi connectivity index (χ0n) is 14.5. The van der Waals surface area contributed by atoms with Crippen molar-refractivity contribution in [2.45, 2.75) is 25.0 Å². The van der Waals surface area contributed by atoms with Crippen molar-refractivity contribution in [3.63, 3.8) is 0 Å². The zero-order chi connectivity index (χ0) is 18.5. The number of hydrogen-bond donors (Lipinski definition) is 1. The first-order valence-electron chi connectivity index (χ1n) is 8.46. The Labute approximate surface area is 163 Å². The quantitative estimate of drug-likeness (QED) is 0.770. The van der Waals surface area contributed by atoms with Crippen molar-refractivity contribution in [1.82, 2.24) is 4.90 Å². The monoisotopic (exact) mass is 384 g/mol. The van der Waals surface area contributed by atoms with Crippen LogP contribution in [0.2, 0.25) is 0 Å². The molecule has 3 rings (SSSR count). The molecule has 0 aliphatic carbocycles. The predicted octanol–water partition coefficient (Wildman–Crippen LogP) is 3.80. The smallest absolute Gasteiger partial charge is 0.242 e. The van der Waals surface area contributed by atoms with Crippen LogP contribution in [0, 0.1) is 6.92 Å². The number of carbonyl (C=O) groups excluding carboxylic acids is 2. The molecule has 0 radical (unpaired) electrons. The van der Waals surface area contributed by atoms with Crippen molar-refractivity contribution in [3.05, 3.63) is 65.7 Å². The van der Waals surface area contributed by atoms with Crippen molar-refractivity contribution in [1.29, 1.82) is 0 Å². The normalized spacial score (nSPS) is 16.8. The summed E-state index contributed by atoms with van der Waals surface area (Å²) >= 11 is 6.66. The second-order valence-electron chi connectivity index (χ2n) is 6.17. The number of aryl methyl sites for hydroxylation is 1. The number of para-hydroxylation sites is 1. The fourth-order valence-corrected chi connectivity index (χ4v) is 4.34. The summed E-state index contributed by atoms with van der Waals surface area (Å²) in [5.74, 6) is -0.242. The van der Waals surface area contributed by atoms with E-state index in [0.717, 1.165) is 23.2 Å². The fourth-order valence-electron chi connectivity index (χ4n) is 2.80. The Morgan fingerprint density at radius 3 is 2.58 bits per heavy atom. The highest BCUT2D eigenvalue weighted by atomic mass is 32.2. The topological polar surface area (TPSA) is 49.4 Å². The molecule has 1 atom stereocenters. The summed E-state index contributed by atoms with van der Waals surface area (Å²) in [5, 5.41) is 2.44. The first kappa shape index (κ1) is 18.6. The van der Waals surface area contributed by atoms with Gasteiger partial charge in [0.15, 0.2) is 0 Å². The standard InChI is InChI=1S/C20H20N2O2S2/c1-14-7-5-6-10-16(14)21-18(23)13-17-19(24)22(20(25)26-17)12-11-15-8-3-2-4-9-15/h2-10,17H,11-13H2,1H3,(H,21,23). The summed E-state index contributed by atoms with van der Waals surface area (Å²) in [6.07, 6.45) is 0.870. The lowest BCUT2D eigenvalue weighted by atomic mass is 10.1. The molecule has 0 saturated carbocycles. The molecule has 0 aromatic heterocycles. The van der Waals surface area contributed by atoms with E-state index in [1.165, 1.54) is 11.8 Å². The maximum absolute atomic E-state index is 12.6. The van der Waals surface area contributed by atoms with Crippen LogP contribution < -0.4 is 5.32 Å². The molecular formula is C20H20N2O2S2. The second-order valence-corrected chi connectivity index (χ2v) is 8.00. The Hall–Kier alpha value is -2.18. The molecule has 1 heterocycles. The molecule has 1 saturated heterocycles. The maximum Gasteiger partial charge on any atom is 0.242 e. The summed E-state index contributed by atoms with van der Waals surface area (Å²) < 4.78 is 0.555. The van der Waals surface area contributed by atoms with Crippen molar-refractivity contribution in [2.75, 3.05) is 11.9 Å². The summed E-state index contributed by atoms with van der Waals surface area (Å²) in [6, 6.07) is 17.6. The predicted molar refractivity (Wildman–Crippen MR) is 110 cm³/mol. The first-order chi connectivity index (χ1) is 12.5. The maximum atomic E-state index is 12.6. The summed E-state index contributed by atoms with van der Waals surface area (Å²) in [6.45, 7) is 2.48. The van der Waals surface area contributed by atoms with Gasteiger partial charge in [-0.05, 0) is 30.5 Å². The molecule has 1 unspecified atom stereocenters. The van der Waals surface area contributed by atoms with Crippen LogP contribution in [0.3, 0.4) is 0 Å². The van der Waals surface area contributed by atoms with Crippen LogP contribution in [0.25, 0.3) is 0 Å². The lowest BCUT2D eigenvalue weighted by Gasteiger charge is -2.15. The number of hydrogen-bond acceptors (Lipinski definition) is 4. The molecule has 0 bridgehead atoms. The fraction of sp³-hybridized carbons (Fsp3) is 0.250. The number of thiocarbonyl (C=S) groups is 1. The van der Waals surface area contributed by atoms with E-state index in [1.807, 2.05) is 61.5 Å². The number of benzene rings is 2. The number of thioether (sulfide) groups is 1. The largest absolute Gasteiger partial charge is 0.326 e. The Bertz CT molecular complexity index is 824. The van der Waals surface area contributed by atoms with E-state index in [4.69, 9.17) is 12.2 Å². The average Bonchev–Trinajstić information content (AvgIpc) is 2.89. The van der Waals surface area contributed by atoms with Crippen molar-refractivity contribution < 1.29 is 9.59 Å². The van der Waals surface area contributed by atoms with E-state index in [-0.39, 0.29) is 18.2 Å². The average molecular weight is 385 g/mol. The molecule has 2 aromatic rings. The van der Waals surface area contributed by atoms with Crippen LogP contribution in [-0.2, 0) is 16.0 Å². The van der Waals surface area contributed by atoms with Crippen LogP contribution in [0.1, 0.15) is 17.5 Å². The third kappa shape index (κ3) is 4.51. The lowest BCUT2D eigenvalue weighted by Crippen LogP contribution is -2.34. The van der Waals surface area contributed by atoms with Gasteiger partial charge >= 0.3 is 0 Å². The van der Waals surface area contributed by atoms with E-state index < -0.39 is 5.25 Å². The van der Waals surface area contributed by atoms with Crippen LogP contribution in [0.5, 0.6) is 0 Å². The number of carbonyl (C=O) groups is 2.